The molecule has 0 aliphatic heterocycles. The van der Waals surface area contributed by atoms with Crippen molar-refractivity contribution in [1.82, 2.24) is 0 Å². The van der Waals surface area contributed by atoms with Crippen LogP contribution in [0.5, 0.6) is 0 Å². The highest BCUT2D eigenvalue weighted by molar-refractivity contribution is 8.00. The molecule has 0 aliphatic carbocycles. The first-order chi connectivity index (χ1) is 18.6. The molecule has 0 bridgehead atoms. The van der Waals surface area contributed by atoms with Gasteiger partial charge in [-0.3, -0.25) is 9.59 Å². The zero-order valence-electron chi connectivity index (χ0n) is 21.1. The molecular weight excluding hydrogens is 524 g/mol. The lowest BCUT2D eigenvalue weighted by Crippen LogP contribution is -2.24. The van der Waals surface area contributed by atoms with Crippen molar-refractivity contribution in [3.63, 3.8) is 0 Å². The summed E-state index contributed by atoms with van der Waals surface area (Å²) < 4.78 is 4.96. The Bertz CT molecular complexity index is 1400. The molecule has 202 valence electrons. The van der Waals surface area contributed by atoms with Crippen molar-refractivity contribution in [1.29, 1.82) is 0 Å². The molecule has 1 atom stereocenters. The molecule has 0 saturated carbocycles. The summed E-state index contributed by atoms with van der Waals surface area (Å²) in [4.78, 5) is 61.0. The van der Waals surface area contributed by atoms with E-state index in [0.717, 1.165) is 18.2 Å². The topological polar surface area (TPSA) is 159 Å². The van der Waals surface area contributed by atoms with Crippen molar-refractivity contribution in [2.45, 2.75) is 30.4 Å². The quantitative estimate of drug-likeness (QED) is 0.190. The summed E-state index contributed by atoms with van der Waals surface area (Å²) in [6, 6.07) is 16.3. The van der Waals surface area contributed by atoms with Crippen molar-refractivity contribution >= 4 is 52.9 Å². The van der Waals surface area contributed by atoms with Crippen molar-refractivity contribution < 1.29 is 38.9 Å². The first-order valence-electron chi connectivity index (χ1n) is 11.9. The van der Waals surface area contributed by atoms with Crippen LogP contribution in [0.3, 0.4) is 0 Å². The maximum Gasteiger partial charge on any atom is 0.338 e. The predicted octanol–water partition coefficient (Wildman–Crippen LogP) is 5.02. The number of rotatable bonds is 11. The van der Waals surface area contributed by atoms with Crippen LogP contribution in [-0.2, 0) is 9.53 Å². The number of carbonyl (C=O) groups excluding carboxylic acids is 3. The fourth-order valence-electron chi connectivity index (χ4n) is 3.51. The second kappa shape index (κ2) is 13.2. The first-order valence-corrected chi connectivity index (χ1v) is 12.8. The van der Waals surface area contributed by atoms with Crippen LogP contribution in [-0.4, -0.2) is 51.8 Å². The Morgan fingerprint density at radius 3 is 2.10 bits per heavy atom. The number of aromatic carboxylic acids is 2. The molecule has 0 radical (unpaired) electrons. The lowest BCUT2D eigenvalue weighted by molar-refractivity contribution is -0.115. The van der Waals surface area contributed by atoms with Gasteiger partial charge in [-0.25, -0.2) is 14.4 Å². The molecule has 0 heterocycles. The van der Waals surface area contributed by atoms with E-state index in [1.807, 2.05) is 6.92 Å². The Labute approximate surface area is 228 Å². The van der Waals surface area contributed by atoms with E-state index >= 15 is 0 Å². The van der Waals surface area contributed by atoms with Gasteiger partial charge < -0.3 is 25.6 Å². The fraction of sp³-hybridized carbons (Fsp3) is 0.179. The Morgan fingerprint density at radius 2 is 1.49 bits per heavy atom. The number of amides is 2. The number of ether oxygens (including phenoxy) is 1. The number of anilines is 2. The Hall–Kier alpha value is -4.64. The highest BCUT2D eigenvalue weighted by atomic mass is 32.2. The molecule has 3 aromatic carbocycles. The minimum atomic E-state index is -1.43. The van der Waals surface area contributed by atoms with Crippen LogP contribution in [0.1, 0.15) is 61.7 Å². The van der Waals surface area contributed by atoms with Gasteiger partial charge in [0.15, 0.2) is 0 Å². The van der Waals surface area contributed by atoms with Gasteiger partial charge in [0.2, 0.25) is 5.91 Å². The van der Waals surface area contributed by atoms with Gasteiger partial charge in [-0.2, -0.15) is 0 Å². The summed E-state index contributed by atoms with van der Waals surface area (Å²) in [5.41, 5.74) is 0.399. The number of hydrogen-bond donors (Lipinski definition) is 4. The van der Waals surface area contributed by atoms with E-state index in [0.29, 0.717) is 28.3 Å². The number of carboxylic acids is 2. The summed E-state index contributed by atoms with van der Waals surface area (Å²) >= 11 is 1.28. The second-order valence-electron chi connectivity index (χ2n) is 8.15. The van der Waals surface area contributed by atoms with Crippen LogP contribution in [0.2, 0.25) is 0 Å². The number of hydrogen-bond acceptors (Lipinski definition) is 7. The van der Waals surface area contributed by atoms with E-state index in [-0.39, 0.29) is 23.6 Å². The van der Waals surface area contributed by atoms with Crippen molar-refractivity contribution in [2.24, 2.45) is 0 Å². The Balaban J connectivity index is 1.69. The Morgan fingerprint density at radius 1 is 0.795 bits per heavy atom. The molecule has 0 aromatic heterocycles. The van der Waals surface area contributed by atoms with Crippen molar-refractivity contribution in [3.05, 3.63) is 89.0 Å². The number of esters is 1. The van der Waals surface area contributed by atoms with Gasteiger partial charge in [0.05, 0.1) is 34.1 Å². The van der Waals surface area contributed by atoms with Gasteiger partial charge >= 0.3 is 17.9 Å². The van der Waals surface area contributed by atoms with E-state index < -0.39 is 34.6 Å². The summed E-state index contributed by atoms with van der Waals surface area (Å²) in [6.45, 7) is 3.84. The third kappa shape index (κ3) is 7.68. The maximum atomic E-state index is 12.9. The number of nitrogens with one attached hydrogen (secondary N) is 2. The highest BCUT2D eigenvalue weighted by Crippen LogP contribution is 2.29. The lowest BCUT2D eigenvalue weighted by atomic mass is 10.0. The molecule has 11 heteroatoms. The monoisotopic (exact) mass is 550 g/mol. The molecular formula is C28H26N2O8S. The van der Waals surface area contributed by atoms with E-state index in [1.165, 1.54) is 11.8 Å². The minimum Gasteiger partial charge on any atom is -0.478 e. The first kappa shape index (κ1) is 28.9. The smallest absolute Gasteiger partial charge is 0.338 e. The van der Waals surface area contributed by atoms with Gasteiger partial charge in [-0.1, -0.05) is 13.0 Å². The molecule has 0 aliphatic rings. The molecule has 10 nitrogen and oxygen atoms in total. The van der Waals surface area contributed by atoms with Crippen LogP contribution in [0.4, 0.5) is 11.4 Å². The largest absolute Gasteiger partial charge is 0.478 e. The molecule has 2 amide bonds. The SMILES string of the molecule is CCOC(=O)c1ccc(NC(=O)C(CC)Sc2cccc(NC(=O)c3ccc(C(=O)O)cc3C(=O)O)c2)cc1. The maximum absolute atomic E-state index is 12.9. The van der Waals surface area contributed by atoms with Crippen LogP contribution >= 0.6 is 11.8 Å². The lowest BCUT2D eigenvalue weighted by Gasteiger charge is -2.16. The third-order valence-corrected chi connectivity index (χ3v) is 6.80. The molecule has 3 aromatic rings. The number of benzene rings is 3. The van der Waals surface area contributed by atoms with Crippen LogP contribution in [0, 0.1) is 0 Å². The number of thioether (sulfide) groups is 1. The molecule has 39 heavy (non-hydrogen) atoms. The summed E-state index contributed by atoms with van der Waals surface area (Å²) in [5.74, 6) is -4.15. The molecule has 3 rings (SSSR count). The number of carboxylic acid groups (broad SMARTS) is 2. The van der Waals surface area contributed by atoms with Crippen LogP contribution in [0.15, 0.2) is 71.6 Å². The Kier molecular flexibility index (Phi) is 9.82. The van der Waals surface area contributed by atoms with Gasteiger partial charge in [0, 0.05) is 16.3 Å². The van der Waals surface area contributed by atoms with Crippen LogP contribution < -0.4 is 10.6 Å². The molecule has 0 saturated heterocycles. The molecule has 0 fully saturated rings. The van der Waals surface area contributed by atoms with E-state index in [1.54, 1.807) is 55.5 Å². The average molecular weight is 551 g/mol. The summed E-state index contributed by atoms with van der Waals surface area (Å²) in [6.07, 6.45) is 0.506. The van der Waals surface area contributed by atoms with Crippen LogP contribution in [0.25, 0.3) is 0 Å². The van der Waals surface area contributed by atoms with E-state index in [4.69, 9.17) is 9.84 Å². The number of carbonyl (C=O) groups is 5. The van der Waals surface area contributed by atoms with E-state index in [9.17, 15) is 29.1 Å². The van der Waals surface area contributed by atoms with E-state index in [2.05, 4.69) is 10.6 Å². The van der Waals surface area contributed by atoms with Crippen molar-refractivity contribution in [3.8, 4) is 0 Å². The highest BCUT2D eigenvalue weighted by Gasteiger charge is 2.21. The standard InChI is InChI=1S/C28H26N2O8S/c1-3-23(25(32)29-18-11-8-16(9-12-18)28(37)38-4-2)39-20-7-5-6-19(15-20)30-24(31)21-13-10-17(26(33)34)14-22(21)27(35)36/h5-15,23H,3-4H2,1-2H3,(H,29,32)(H,30,31)(H,33,34)(H,35,36). The molecule has 0 spiro atoms. The van der Waals surface area contributed by atoms with Crippen molar-refractivity contribution in [2.75, 3.05) is 17.2 Å². The van der Waals surface area contributed by atoms with Gasteiger partial charge in [0.25, 0.3) is 5.91 Å². The third-order valence-electron chi connectivity index (χ3n) is 5.44. The second-order valence-corrected chi connectivity index (χ2v) is 9.43. The summed E-state index contributed by atoms with van der Waals surface area (Å²) in [7, 11) is 0. The fourth-order valence-corrected chi connectivity index (χ4v) is 4.52. The minimum absolute atomic E-state index is 0.189. The van der Waals surface area contributed by atoms with Gasteiger partial charge in [0.1, 0.15) is 0 Å². The molecule has 4 N–H and O–H groups in total. The van der Waals surface area contributed by atoms with Gasteiger partial charge in [-0.05, 0) is 74.0 Å². The zero-order valence-corrected chi connectivity index (χ0v) is 21.9. The predicted molar refractivity (Wildman–Crippen MR) is 146 cm³/mol. The van der Waals surface area contributed by atoms with Gasteiger partial charge in [-0.15, -0.1) is 11.8 Å². The zero-order chi connectivity index (χ0) is 28.5. The summed E-state index contributed by atoms with van der Waals surface area (Å²) in [5, 5.41) is 23.5. The average Bonchev–Trinajstić information content (AvgIpc) is 2.91. The molecule has 1 unspecified atom stereocenters. The normalized spacial score (nSPS) is 11.2.